The molecule has 4 nitrogen and oxygen atoms in total. The van der Waals surface area contributed by atoms with E-state index < -0.39 is 15.8 Å². The van der Waals surface area contributed by atoms with Gasteiger partial charge in [0.15, 0.2) is 0 Å². The van der Waals surface area contributed by atoms with E-state index in [-0.39, 0.29) is 43.1 Å². The van der Waals surface area contributed by atoms with E-state index in [0.717, 1.165) is 40.0 Å². The maximum absolute atomic E-state index is 12.3. The van der Waals surface area contributed by atoms with Gasteiger partial charge < -0.3 is 10.6 Å². The van der Waals surface area contributed by atoms with E-state index in [0.29, 0.717) is 11.1 Å². The van der Waals surface area contributed by atoms with Gasteiger partial charge in [0.2, 0.25) is 11.6 Å². The van der Waals surface area contributed by atoms with Crippen molar-refractivity contribution in [1.29, 1.82) is 0 Å². The van der Waals surface area contributed by atoms with Crippen LogP contribution in [0.25, 0.3) is 0 Å². The van der Waals surface area contributed by atoms with Crippen molar-refractivity contribution in [3.8, 4) is 0 Å². The first-order chi connectivity index (χ1) is 32.2. The number of allylic oxidation sites excluding steroid dienone is 10. The summed E-state index contributed by atoms with van der Waals surface area (Å²) < 4.78 is 3.58. The molecule has 0 heterocycles. The number of nitrogens with one attached hydrogen (secondary N) is 2. The number of Topliss-reactive ketones (excluding diaryl/α,β-unsaturated/α-hetero) is 2. The van der Waals surface area contributed by atoms with Crippen molar-refractivity contribution >= 4 is 150 Å². The Morgan fingerprint density at radius 3 is 0.866 bits per heavy atom. The van der Waals surface area contributed by atoms with Crippen LogP contribution in [0.1, 0.15) is 25.7 Å². The number of hydrogen-bond donors (Lipinski definition) is 2. The summed E-state index contributed by atoms with van der Waals surface area (Å²) in [4.78, 5) is 24.7. The molecule has 0 saturated heterocycles. The largest absolute Gasteiger partial charge is 0.386 e. The summed E-state index contributed by atoms with van der Waals surface area (Å²) >= 11 is 8.65. The normalized spacial score (nSPS) is 17.9. The fraction of sp³-hybridized carbons (Fsp3) is 0.107. The van der Waals surface area contributed by atoms with E-state index in [1.54, 1.807) is 0 Å². The van der Waals surface area contributed by atoms with E-state index in [1.165, 1.54) is 31.8 Å². The molecule has 2 N–H and O–H groups in total. The zero-order valence-corrected chi connectivity index (χ0v) is 48.5. The Hall–Kier alpha value is -2.90. The molecule has 0 spiro atoms. The van der Waals surface area contributed by atoms with Crippen LogP contribution in [0.15, 0.2) is 244 Å². The quantitative estimate of drug-likeness (QED) is 0.0621. The molecule has 0 aliphatic heterocycles. The van der Waals surface area contributed by atoms with Crippen molar-refractivity contribution in [3.05, 3.63) is 244 Å². The van der Waals surface area contributed by atoms with Gasteiger partial charge in [-0.25, -0.2) is 0 Å². The second-order valence-corrected chi connectivity index (χ2v) is 24.7. The third kappa shape index (κ3) is 15.8. The predicted octanol–water partition coefficient (Wildman–Crippen LogP) is 12.6. The van der Waals surface area contributed by atoms with Crippen molar-refractivity contribution < 1.29 is 29.1 Å². The maximum Gasteiger partial charge on any atom is 0.200 e. The van der Waals surface area contributed by atoms with Gasteiger partial charge in [0, 0.05) is 62.3 Å². The molecule has 6 aromatic rings. The third-order valence-corrected chi connectivity index (χ3v) is 18.6. The molecule has 3 aliphatic rings. The Morgan fingerprint density at radius 2 is 0.627 bits per heavy atom. The smallest absolute Gasteiger partial charge is 0.200 e. The Balaban J connectivity index is 0.000000169. The Bertz CT molecular complexity index is 2360. The number of rotatable bonds is 10. The van der Waals surface area contributed by atoms with Gasteiger partial charge in [0.25, 0.3) is 0 Å². The molecule has 1 fully saturated rings. The molecule has 0 bridgehead atoms. The average Bonchev–Trinajstić information content (AvgIpc) is 3.36. The van der Waals surface area contributed by atoms with Crippen LogP contribution in [0, 0.1) is 0 Å². The fourth-order valence-corrected chi connectivity index (χ4v) is 16.0. The molecule has 0 aromatic heterocycles. The third-order valence-electron chi connectivity index (χ3n) is 10.8. The topological polar surface area (TPSA) is 58.2 Å². The van der Waals surface area contributed by atoms with E-state index in [2.05, 4.69) is 283 Å². The van der Waals surface area contributed by atoms with Crippen molar-refractivity contribution in [3.63, 3.8) is 0 Å². The maximum atomic E-state index is 12.3. The summed E-state index contributed by atoms with van der Waals surface area (Å²) in [5.41, 5.74) is 1.39. The monoisotopic (exact) mass is 1450 g/mol. The summed E-state index contributed by atoms with van der Waals surface area (Å²) in [6, 6.07) is 65.1. The van der Waals surface area contributed by atoms with Crippen molar-refractivity contribution in [2.24, 2.45) is 0 Å². The molecule has 11 heteroatoms. The second kappa shape index (κ2) is 28.1. The van der Waals surface area contributed by atoms with E-state index in [4.69, 9.17) is 0 Å². The minimum absolute atomic E-state index is 0. The fourth-order valence-electron chi connectivity index (χ4n) is 7.66. The zero-order valence-electron chi connectivity index (χ0n) is 36.3. The van der Waals surface area contributed by atoms with E-state index in [9.17, 15) is 9.59 Å². The van der Waals surface area contributed by atoms with Crippen LogP contribution in [-0.4, -0.2) is 23.7 Å². The van der Waals surface area contributed by atoms with Crippen LogP contribution in [0.5, 0.6) is 0 Å². The van der Waals surface area contributed by atoms with Gasteiger partial charge in [0.05, 0.1) is 7.16 Å². The van der Waals surface area contributed by atoms with Crippen LogP contribution in [0.4, 0.5) is 0 Å². The average molecular weight is 1450 g/mol. The van der Waals surface area contributed by atoms with Gasteiger partial charge in [-0.1, -0.05) is 195 Å². The molecular formula is C56H48I4N2O2P2Ru. The summed E-state index contributed by atoms with van der Waals surface area (Å²) in [5, 5.41) is 15.3. The number of carbonyl (C=O) groups is 2. The molecule has 340 valence electrons. The molecule has 1 saturated carbocycles. The number of benzene rings is 6. The summed E-state index contributed by atoms with van der Waals surface area (Å²) in [6.07, 6.45) is 15.7. The first-order valence-corrected chi connectivity index (χ1v) is 28.7. The van der Waals surface area contributed by atoms with Crippen molar-refractivity contribution in [1.82, 2.24) is 10.6 Å². The Kier molecular flexibility index (Phi) is 22.4. The number of carbonyl (C=O) groups excluding carboxylic acids is 2. The second-order valence-electron chi connectivity index (χ2n) is 15.4. The molecule has 67 heavy (non-hydrogen) atoms. The van der Waals surface area contributed by atoms with Crippen LogP contribution in [0.2, 0.25) is 0 Å². The van der Waals surface area contributed by atoms with Gasteiger partial charge in [-0.15, -0.1) is 0 Å². The molecular weight excluding hydrogens is 1400 g/mol. The Morgan fingerprint density at radius 1 is 0.388 bits per heavy atom. The molecule has 6 aromatic carbocycles. The van der Waals surface area contributed by atoms with Gasteiger partial charge in [-0.05, 0) is 175 Å². The molecule has 0 amide bonds. The van der Waals surface area contributed by atoms with Crippen LogP contribution in [-0.2, 0) is 29.1 Å². The SMILES string of the molecule is O=C1C(I)=CC(I)=C/C1=C/N[C@@H]1CCCC[C@H]1N/C=C1/C=C(I)C=C(I)C1=O.[Ru].c1ccc(P(c2ccccc2)c2ccccc2)cc1.c1ccc(P(c2ccccc2)c2ccccc2)cc1. The summed E-state index contributed by atoms with van der Waals surface area (Å²) in [5.74, 6) is 0.120. The van der Waals surface area contributed by atoms with E-state index in [1.807, 2.05) is 36.7 Å². The standard InChI is InChI=1S/C20H18I4N2O2.2C18H15P.Ru/c21-13-5-11(19(27)15(23)7-13)9-25-17-3-1-2-4-18(17)26-10-12-6-14(22)8-16(24)20(12)28;2*1-4-10-16(11-5-1)19(17-12-6-2-7-13-17)18-14-8-3-9-15-18;/h5-10,17-18,25-26H,1-4H2;2*1-15H;/b11-9-,12-10-;;;/t17-,18-;;;/m1.../s1. The van der Waals surface area contributed by atoms with Crippen LogP contribution in [0.3, 0.4) is 0 Å². The first-order valence-electron chi connectivity index (χ1n) is 21.7. The molecule has 3 aliphatic carbocycles. The molecule has 0 unspecified atom stereocenters. The van der Waals surface area contributed by atoms with Crippen LogP contribution >= 0.6 is 106 Å². The molecule has 2 atom stereocenters. The molecule has 0 radical (unpaired) electrons. The number of ketones is 2. The molecule has 9 rings (SSSR count). The van der Waals surface area contributed by atoms with E-state index >= 15 is 0 Å². The minimum atomic E-state index is -0.446. The summed E-state index contributed by atoms with van der Waals surface area (Å²) in [7, 11) is -0.892. The number of hydrogen-bond acceptors (Lipinski definition) is 4. The van der Waals surface area contributed by atoms with Gasteiger partial charge >= 0.3 is 0 Å². The number of halogens is 4. The Labute approximate surface area is 465 Å². The first kappa shape index (κ1) is 53.5. The van der Waals surface area contributed by atoms with Gasteiger partial charge in [0.1, 0.15) is 0 Å². The van der Waals surface area contributed by atoms with Crippen LogP contribution < -0.4 is 42.5 Å². The predicted molar refractivity (Wildman–Crippen MR) is 317 cm³/mol. The van der Waals surface area contributed by atoms with Gasteiger partial charge in [-0.3, -0.25) is 9.59 Å². The zero-order chi connectivity index (χ0) is 46.1. The summed E-state index contributed by atoms with van der Waals surface area (Å²) in [6.45, 7) is 0. The van der Waals surface area contributed by atoms with Crippen molar-refractivity contribution in [2.75, 3.05) is 0 Å². The van der Waals surface area contributed by atoms with Gasteiger partial charge in [-0.2, -0.15) is 0 Å². The van der Waals surface area contributed by atoms with Crippen molar-refractivity contribution in [2.45, 2.75) is 37.8 Å². The minimum Gasteiger partial charge on any atom is -0.386 e.